The topological polar surface area (TPSA) is 70.3 Å². The van der Waals surface area contributed by atoms with E-state index in [1.165, 1.54) is 6.08 Å². The van der Waals surface area contributed by atoms with E-state index in [-0.39, 0.29) is 17.1 Å². The Balaban J connectivity index is 1.98. The van der Waals surface area contributed by atoms with Crippen LogP contribution in [0.15, 0.2) is 60.0 Å². The minimum absolute atomic E-state index is 0.0738. The first-order chi connectivity index (χ1) is 11.1. The number of nitrogens with zero attached hydrogens (tertiary/aromatic N) is 1. The summed E-state index contributed by atoms with van der Waals surface area (Å²) in [5, 5.41) is 19.6. The van der Waals surface area contributed by atoms with Crippen LogP contribution in [-0.2, 0) is 9.53 Å². The maximum Gasteiger partial charge on any atom is 0.348 e. The summed E-state index contributed by atoms with van der Waals surface area (Å²) in [7, 11) is 0. The van der Waals surface area contributed by atoms with Crippen LogP contribution < -0.4 is 0 Å². The van der Waals surface area contributed by atoms with Crippen LogP contribution in [0.1, 0.15) is 16.7 Å². The number of aliphatic hydroxyl groups excluding tert-OH is 1. The van der Waals surface area contributed by atoms with Crippen molar-refractivity contribution >= 4 is 29.2 Å². The molecule has 2 aromatic carbocycles. The Bertz CT molecular complexity index is 872. The minimum atomic E-state index is -0.621. The number of aliphatic hydroxyl groups is 1. The summed E-state index contributed by atoms with van der Waals surface area (Å²) < 4.78 is 5.13. The molecule has 0 fully saturated rings. The Labute approximate surface area is 137 Å². The van der Waals surface area contributed by atoms with Gasteiger partial charge in [-0.05, 0) is 41.5 Å². The van der Waals surface area contributed by atoms with Gasteiger partial charge in [0, 0.05) is 5.02 Å². The van der Waals surface area contributed by atoms with Crippen LogP contribution >= 0.6 is 11.6 Å². The molecule has 112 valence electrons. The second-order valence-electron chi connectivity index (χ2n) is 4.86. The number of benzene rings is 2. The number of esters is 1. The van der Waals surface area contributed by atoms with E-state index < -0.39 is 5.97 Å². The predicted molar refractivity (Wildman–Crippen MR) is 86.2 cm³/mol. The highest BCUT2D eigenvalue weighted by Crippen LogP contribution is 2.33. The van der Waals surface area contributed by atoms with Gasteiger partial charge in [-0.1, -0.05) is 35.9 Å². The molecule has 0 unspecified atom stereocenters. The molecule has 0 saturated carbocycles. The summed E-state index contributed by atoms with van der Waals surface area (Å²) in [5.74, 6) is -0.768. The van der Waals surface area contributed by atoms with Crippen LogP contribution in [-0.4, -0.2) is 11.1 Å². The number of nitriles is 1. The van der Waals surface area contributed by atoms with Gasteiger partial charge in [0.05, 0.1) is 11.6 Å². The second kappa shape index (κ2) is 5.99. The number of carbonyl (C=O) groups excluding carboxylic acids is 1. The van der Waals surface area contributed by atoms with Crippen molar-refractivity contribution in [2.75, 3.05) is 0 Å². The molecule has 5 heteroatoms. The summed E-state index contributed by atoms with van der Waals surface area (Å²) in [5.41, 5.74) is 1.86. The third-order valence-electron chi connectivity index (χ3n) is 3.35. The van der Waals surface area contributed by atoms with Crippen LogP contribution in [0.25, 0.3) is 11.6 Å². The van der Waals surface area contributed by atoms with E-state index in [0.29, 0.717) is 21.7 Å². The van der Waals surface area contributed by atoms with Gasteiger partial charge < -0.3 is 9.84 Å². The first-order valence-corrected chi connectivity index (χ1v) is 7.10. The molecule has 4 nitrogen and oxygen atoms in total. The molecule has 0 saturated heterocycles. The molecule has 0 atom stereocenters. The standard InChI is InChI=1S/C18H10ClNO3/c19-14-7-5-13(6-8-14)16-17(21)15(23-18(16)22)9-11-1-3-12(10-20)4-2-11/h1-9,21H/b15-9-. The predicted octanol–water partition coefficient (Wildman–Crippen LogP) is 4.08. The Hall–Kier alpha value is -3.03. The lowest BCUT2D eigenvalue weighted by molar-refractivity contribution is -0.131. The van der Waals surface area contributed by atoms with E-state index in [0.717, 1.165) is 0 Å². The second-order valence-corrected chi connectivity index (χ2v) is 5.30. The van der Waals surface area contributed by atoms with Crippen molar-refractivity contribution in [2.45, 2.75) is 0 Å². The largest absolute Gasteiger partial charge is 0.504 e. The number of cyclic esters (lactones) is 1. The Kier molecular flexibility index (Phi) is 3.88. The fourth-order valence-corrected chi connectivity index (χ4v) is 2.32. The zero-order valence-corrected chi connectivity index (χ0v) is 12.5. The van der Waals surface area contributed by atoms with Crippen molar-refractivity contribution in [1.29, 1.82) is 5.26 Å². The summed E-state index contributed by atoms with van der Waals surface area (Å²) in [6, 6.07) is 15.3. The molecule has 23 heavy (non-hydrogen) atoms. The Morgan fingerprint density at radius 1 is 1.09 bits per heavy atom. The highest BCUT2D eigenvalue weighted by molar-refractivity contribution is 6.30. The summed E-state index contributed by atoms with van der Waals surface area (Å²) in [6.07, 6.45) is 1.54. The van der Waals surface area contributed by atoms with Crippen LogP contribution in [0.3, 0.4) is 0 Å². The maximum absolute atomic E-state index is 12.0. The van der Waals surface area contributed by atoms with Gasteiger partial charge in [0.25, 0.3) is 0 Å². The number of rotatable bonds is 2. The molecule has 0 amide bonds. The molecule has 3 rings (SSSR count). The fourth-order valence-electron chi connectivity index (χ4n) is 2.19. The molecule has 0 spiro atoms. The molecular formula is C18H10ClNO3. The van der Waals surface area contributed by atoms with Crippen molar-refractivity contribution in [3.63, 3.8) is 0 Å². The molecule has 1 aliphatic rings. The molecule has 1 heterocycles. The van der Waals surface area contributed by atoms with E-state index in [9.17, 15) is 9.90 Å². The van der Waals surface area contributed by atoms with Gasteiger partial charge in [0.1, 0.15) is 5.57 Å². The van der Waals surface area contributed by atoms with Gasteiger partial charge in [-0.25, -0.2) is 4.79 Å². The van der Waals surface area contributed by atoms with Gasteiger partial charge in [-0.3, -0.25) is 0 Å². The first kappa shape index (κ1) is 14.9. The van der Waals surface area contributed by atoms with Crippen molar-refractivity contribution < 1.29 is 14.6 Å². The Morgan fingerprint density at radius 2 is 1.74 bits per heavy atom. The third-order valence-corrected chi connectivity index (χ3v) is 3.60. The monoisotopic (exact) mass is 323 g/mol. The molecule has 0 radical (unpaired) electrons. The minimum Gasteiger partial charge on any atom is -0.504 e. The number of hydrogen-bond acceptors (Lipinski definition) is 4. The SMILES string of the molecule is N#Cc1ccc(/C=C2\OC(=O)C(c3ccc(Cl)cc3)=C2O)cc1. The van der Waals surface area contributed by atoms with Gasteiger partial charge in [0.2, 0.25) is 0 Å². The Morgan fingerprint density at radius 3 is 2.35 bits per heavy atom. The normalized spacial score (nSPS) is 15.7. The lowest BCUT2D eigenvalue weighted by Gasteiger charge is -1.99. The van der Waals surface area contributed by atoms with Crippen LogP contribution in [0, 0.1) is 11.3 Å². The van der Waals surface area contributed by atoms with Gasteiger partial charge in [0.15, 0.2) is 11.5 Å². The number of hydrogen-bond donors (Lipinski definition) is 1. The number of ether oxygens (including phenoxy) is 1. The number of carbonyl (C=O) groups is 1. The lowest BCUT2D eigenvalue weighted by atomic mass is 10.1. The van der Waals surface area contributed by atoms with Crippen molar-refractivity contribution in [3.05, 3.63) is 81.8 Å². The number of halogens is 1. The van der Waals surface area contributed by atoms with Crippen molar-refractivity contribution in [3.8, 4) is 6.07 Å². The summed E-state index contributed by atoms with van der Waals surface area (Å²) in [6.45, 7) is 0. The molecule has 0 aromatic heterocycles. The smallest absolute Gasteiger partial charge is 0.348 e. The van der Waals surface area contributed by atoms with Crippen LogP contribution in [0.4, 0.5) is 0 Å². The maximum atomic E-state index is 12.0. The van der Waals surface area contributed by atoms with E-state index in [4.69, 9.17) is 21.6 Å². The van der Waals surface area contributed by atoms with E-state index in [2.05, 4.69) is 0 Å². The summed E-state index contributed by atoms with van der Waals surface area (Å²) in [4.78, 5) is 12.0. The van der Waals surface area contributed by atoms with Crippen molar-refractivity contribution in [1.82, 2.24) is 0 Å². The molecule has 0 bridgehead atoms. The molecule has 1 aliphatic heterocycles. The van der Waals surface area contributed by atoms with Crippen LogP contribution in [0.2, 0.25) is 5.02 Å². The molecular weight excluding hydrogens is 314 g/mol. The van der Waals surface area contributed by atoms with E-state index >= 15 is 0 Å². The molecule has 2 aromatic rings. The van der Waals surface area contributed by atoms with E-state index in [1.807, 2.05) is 6.07 Å². The average Bonchev–Trinajstić information content (AvgIpc) is 2.83. The zero-order chi connectivity index (χ0) is 16.4. The van der Waals surface area contributed by atoms with Crippen LogP contribution in [0.5, 0.6) is 0 Å². The fraction of sp³-hybridized carbons (Fsp3) is 0. The van der Waals surface area contributed by atoms with Crippen molar-refractivity contribution in [2.24, 2.45) is 0 Å². The highest BCUT2D eigenvalue weighted by atomic mass is 35.5. The highest BCUT2D eigenvalue weighted by Gasteiger charge is 2.31. The summed E-state index contributed by atoms with van der Waals surface area (Å²) >= 11 is 5.82. The van der Waals surface area contributed by atoms with Gasteiger partial charge in [-0.15, -0.1) is 0 Å². The third kappa shape index (κ3) is 2.96. The molecule has 0 aliphatic carbocycles. The molecule has 1 N–H and O–H groups in total. The van der Waals surface area contributed by atoms with E-state index in [1.54, 1.807) is 48.5 Å². The lowest BCUT2D eigenvalue weighted by Crippen LogP contribution is -1.98. The van der Waals surface area contributed by atoms with Gasteiger partial charge >= 0.3 is 5.97 Å². The first-order valence-electron chi connectivity index (χ1n) is 6.72. The zero-order valence-electron chi connectivity index (χ0n) is 11.8. The van der Waals surface area contributed by atoms with Gasteiger partial charge in [-0.2, -0.15) is 5.26 Å². The quantitative estimate of drug-likeness (QED) is 0.845. The average molecular weight is 324 g/mol.